The molecular formula is C24H34FN3O5. The van der Waals surface area contributed by atoms with Gasteiger partial charge < -0.3 is 30.1 Å². The molecule has 1 aliphatic carbocycles. The van der Waals surface area contributed by atoms with Gasteiger partial charge in [0.1, 0.15) is 11.6 Å². The first-order valence-electron chi connectivity index (χ1n) is 11.7. The molecule has 0 saturated carbocycles. The summed E-state index contributed by atoms with van der Waals surface area (Å²) in [6, 6.07) is 4.63. The Bertz CT molecular complexity index is 938. The van der Waals surface area contributed by atoms with Crippen molar-refractivity contribution in [3.8, 4) is 17.5 Å². The van der Waals surface area contributed by atoms with E-state index in [4.69, 9.17) is 4.74 Å². The van der Waals surface area contributed by atoms with Gasteiger partial charge in [0.2, 0.25) is 0 Å². The van der Waals surface area contributed by atoms with Gasteiger partial charge in [0.25, 0.3) is 0 Å². The molecule has 33 heavy (non-hydrogen) atoms. The molecule has 2 atom stereocenters. The van der Waals surface area contributed by atoms with E-state index in [1.807, 2.05) is 13.8 Å². The fraction of sp³-hybridized carbons (Fsp3) is 0.583. The zero-order valence-electron chi connectivity index (χ0n) is 19.2. The van der Waals surface area contributed by atoms with E-state index in [2.05, 4.69) is 9.80 Å². The van der Waals surface area contributed by atoms with Crippen LogP contribution in [-0.2, 0) is 19.4 Å². The molecule has 0 radical (unpaired) electrons. The van der Waals surface area contributed by atoms with Gasteiger partial charge in [0, 0.05) is 62.8 Å². The quantitative estimate of drug-likeness (QED) is 0.497. The third kappa shape index (κ3) is 5.05. The molecule has 0 amide bonds. The fourth-order valence-corrected chi connectivity index (χ4v) is 4.78. The lowest BCUT2D eigenvalue weighted by Crippen LogP contribution is -2.47. The summed E-state index contributed by atoms with van der Waals surface area (Å²) in [5, 5.41) is 40.8. The summed E-state index contributed by atoms with van der Waals surface area (Å²) in [4.78, 5) is 4.45. The molecular weight excluding hydrogens is 429 g/mol. The first-order valence-corrected chi connectivity index (χ1v) is 11.7. The van der Waals surface area contributed by atoms with E-state index in [9.17, 15) is 24.8 Å². The minimum atomic E-state index is -0.931. The number of anilines is 1. The summed E-state index contributed by atoms with van der Waals surface area (Å²) >= 11 is 0. The number of rotatable bonds is 7. The molecule has 8 nitrogen and oxygen atoms in total. The Labute approximate surface area is 193 Å². The molecule has 1 saturated heterocycles. The number of aliphatic hydroxyl groups is 2. The van der Waals surface area contributed by atoms with Gasteiger partial charge in [-0.25, -0.2) is 4.39 Å². The minimum Gasteiger partial charge on any atom is -0.494 e. The highest BCUT2D eigenvalue weighted by Crippen LogP contribution is 2.39. The molecule has 4 rings (SSSR count). The third-order valence-electron chi connectivity index (χ3n) is 6.54. The maximum atomic E-state index is 13.9. The number of halogens is 1. The first kappa shape index (κ1) is 23.7. The van der Waals surface area contributed by atoms with Crippen LogP contribution in [0.1, 0.15) is 31.4 Å². The van der Waals surface area contributed by atoms with Crippen LogP contribution in [0.5, 0.6) is 17.5 Å². The molecule has 9 heteroatoms. The molecule has 1 aromatic heterocycles. The van der Waals surface area contributed by atoms with E-state index in [1.165, 1.54) is 16.7 Å². The fourth-order valence-electron chi connectivity index (χ4n) is 4.78. The molecule has 2 aliphatic rings. The predicted octanol–water partition coefficient (Wildman–Crippen LogP) is 1.86. The molecule has 1 fully saturated rings. The summed E-state index contributed by atoms with van der Waals surface area (Å²) in [6.45, 7) is 8.27. The Morgan fingerprint density at radius 3 is 2.15 bits per heavy atom. The largest absolute Gasteiger partial charge is 0.494 e. The van der Waals surface area contributed by atoms with Gasteiger partial charge in [0.15, 0.2) is 11.8 Å². The molecule has 1 aromatic carbocycles. The Balaban J connectivity index is 1.32. The molecule has 2 aromatic rings. The van der Waals surface area contributed by atoms with Crippen LogP contribution in [0.25, 0.3) is 0 Å². The number of aromatic nitrogens is 1. The molecule has 2 unspecified atom stereocenters. The van der Waals surface area contributed by atoms with Gasteiger partial charge in [-0.2, -0.15) is 0 Å². The number of hydrogen-bond donors (Lipinski definition) is 4. The highest BCUT2D eigenvalue weighted by molar-refractivity contribution is 5.59. The van der Waals surface area contributed by atoms with Crippen LogP contribution < -0.4 is 9.64 Å². The molecule has 2 heterocycles. The van der Waals surface area contributed by atoms with Gasteiger partial charge in [-0.3, -0.25) is 9.47 Å². The molecule has 4 N–H and O–H groups in total. The lowest BCUT2D eigenvalue weighted by Gasteiger charge is -2.37. The second kappa shape index (κ2) is 9.79. The number of piperazine rings is 1. The monoisotopic (exact) mass is 463 g/mol. The summed E-state index contributed by atoms with van der Waals surface area (Å²) < 4.78 is 21.2. The highest BCUT2D eigenvalue weighted by atomic mass is 19.1. The van der Waals surface area contributed by atoms with E-state index in [-0.39, 0.29) is 36.5 Å². The van der Waals surface area contributed by atoms with Gasteiger partial charge in [-0.1, -0.05) is 0 Å². The summed E-state index contributed by atoms with van der Waals surface area (Å²) in [5.41, 5.74) is 1.82. The number of fused-ring (bicyclic) bond motifs is 1. The zero-order chi connectivity index (χ0) is 23.7. The topological polar surface area (TPSA) is 102 Å². The average molecular weight is 464 g/mol. The van der Waals surface area contributed by atoms with Crippen LogP contribution in [0.3, 0.4) is 0 Å². The zero-order valence-corrected chi connectivity index (χ0v) is 19.2. The Kier molecular flexibility index (Phi) is 7.02. The Morgan fingerprint density at radius 1 is 0.970 bits per heavy atom. The molecule has 182 valence electrons. The molecule has 0 bridgehead atoms. The van der Waals surface area contributed by atoms with Crippen molar-refractivity contribution in [1.29, 1.82) is 0 Å². The minimum absolute atomic E-state index is 0.00853. The second-order valence-corrected chi connectivity index (χ2v) is 9.26. The van der Waals surface area contributed by atoms with E-state index < -0.39 is 12.2 Å². The van der Waals surface area contributed by atoms with E-state index in [1.54, 1.807) is 6.07 Å². The van der Waals surface area contributed by atoms with Crippen LogP contribution >= 0.6 is 0 Å². The normalized spacial score (nSPS) is 21.5. The van der Waals surface area contributed by atoms with Crippen molar-refractivity contribution < 1.29 is 29.6 Å². The lowest BCUT2D eigenvalue weighted by atomic mass is 9.90. The average Bonchev–Trinajstić information content (AvgIpc) is 3.00. The van der Waals surface area contributed by atoms with Crippen molar-refractivity contribution in [2.24, 2.45) is 0 Å². The van der Waals surface area contributed by atoms with E-state index >= 15 is 0 Å². The van der Waals surface area contributed by atoms with E-state index in [0.29, 0.717) is 23.4 Å². The van der Waals surface area contributed by atoms with Crippen molar-refractivity contribution >= 4 is 5.69 Å². The summed E-state index contributed by atoms with van der Waals surface area (Å²) in [6.07, 6.45) is -0.865. The second-order valence-electron chi connectivity index (χ2n) is 9.26. The number of hydrogen-bond acceptors (Lipinski definition) is 7. The maximum absolute atomic E-state index is 13.9. The Hall–Kier alpha value is -2.49. The van der Waals surface area contributed by atoms with E-state index in [0.717, 1.165) is 44.8 Å². The van der Waals surface area contributed by atoms with Crippen molar-refractivity contribution in [3.05, 3.63) is 35.1 Å². The first-order chi connectivity index (χ1) is 15.7. The van der Waals surface area contributed by atoms with Gasteiger partial charge in [0.05, 0.1) is 24.0 Å². The highest BCUT2D eigenvalue weighted by Gasteiger charge is 2.33. The summed E-state index contributed by atoms with van der Waals surface area (Å²) in [7, 11) is 0. The van der Waals surface area contributed by atoms with Crippen LogP contribution in [0.2, 0.25) is 0 Å². The van der Waals surface area contributed by atoms with Crippen LogP contribution in [0.4, 0.5) is 10.1 Å². The van der Waals surface area contributed by atoms with Crippen molar-refractivity contribution in [2.45, 2.75) is 58.0 Å². The summed E-state index contributed by atoms with van der Waals surface area (Å²) in [5.74, 6) is 0.360. The SMILES string of the molecule is CC(C)Oc1ccc(F)cc1N1CCN(CCCn2c(O)c3c(c2O)CC(O)C(O)C3)CC1. The van der Waals surface area contributed by atoms with Gasteiger partial charge >= 0.3 is 0 Å². The van der Waals surface area contributed by atoms with Gasteiger partial charge in [-0.05, 0) is 38.9 Å². The van der Waals surface area contributed by atoms with Crippen LogP contribution in [0, 0.1) is 5.82 Å². The smallest absolute Gasteiger partial charge is 0.197 e. The third-order valence-corrected chi connectivity index (χ3v) is 6.54. The standard InChI is InChI=1S/C24H34FN3O5/c1-15(2)33-22-5-4-16(25)12-19(22)27-10-8-26(9-11-27)6-3-7-28-23(31)17-13-20(29)21(30)14-18(17)24(28)32/h4-5,12,15,20-21,29-32H,3,6-11,13-14H2,1-2H3. The van der Waals surface area contributed by atoms with Crippen molar-refractivity contribution in [3.63, 3.8) is 0 Å². The molecule has 1 aliphatic heterocycles. The van der Waals surface area contributed by atoms with Crippen molar-refractivity contribution in [2.75, 3.05) is 37.6 Å². The molecule has 0 spiro atoms. The van der Waals surface area contributed by atoms with Crippen molar-refractivity contribution in [1.82, 2.24) is 9.47 Å². The lowest BCUT2D eigenvalue weighted by molar-refractivity contribution is 0.0136. The number of aromatic hydroxyl groups is 2. The van der Waals surface area contributed by atoms with Crippen LogP contribution in [-0.4, -0.2) is 80.9 Å². The maximum Gasteiger partial charge on any atom is 0.197 e. The Morgan fingerprint density at radius 2 is 1.58 bits per heavy atom. The number of ether oxygens (including phenoxy) is 1. The number of aliphatic hydroxyl groups excluding tert-OH is 2. The number of nitrogens with zero attached hydrogens (tertiary/aromatic N) is 3. The van der Waals surface area contributed by atoms with Crippen LogP contribution in [0.15, 0.2) is 18.2 Å². The number of benzene rings is 1. The predicted molar refractivity (Wildman–Crippen MR) is 123 cm³/mol. The van der Waals surface area contributed by atoms with Gasteiger partial charge in [-0.15, -0.1) is 0 Å².